The Balaban J connectivity index is 2.05. The minimum atomic E-state index is 0.386. The van der Waals surface area contributed by atoms with Gasteiger partial charge in [0.1, 0.15) is 5.75 Å². The van der Waals surface area contributed by atoms with Gasteiger partial charge in [-0.25, -0.2) is 0 Å². The highest BCUT2D eigenvalue weighted by Crippen LogP contribution is 2.35. The monoisotopic (exact) mass is 230 g/mol. The second kappa shape index (κ2) is 4.08. The zero-order chi connectivity index (χ0) is 11.8. The SMILES string of the molecule is C[C@@H]1CNC[C@H](c2c[nH]c3cccc(O)c23)C1. The molecule has 3 nitrogen and oxygen atoms in total. The molecule has 3 rings (SSSR count). The van der Waals surface area contributed by atoms with Gasteiger partial charge in [-0.3, -0.25) is 0 Å². The molecule has 3 heteroatoms. The first-order valence-corrected chi connectivity index (χ1v) is 6.25. The van der Waals surface area contributed by atoms with Gasteiger partial charge in [-0.15, -0.1) is 0 Å². The summed E-state index contributed by atoms with van der Waals surface area (Å²) in [5.41, 5.74) is 2.27. The highest BCUT2D eigenvalue weighted by Gasteiger charge is 2.23. The summed E-state index contributed by atoms with van der Waals surface area (Å²) in [4.78, 5) is 3.25. The van der Waals surface area contributed by atoms with Gasteiger partial charge >= 0.3 is 0 Å². The number of hydrogen-bond donors (Lipinski definition) is 3. The van der Waals surface area contributed by atoms with Crippen LogP contribution in [0.3, 0.4) is 0 Å². The fraction of sp³-hybridized carbons (Fsp3) is 0.429. The van der Waals surface area contributed by atoms with Gasteiger partial charge < -0.3 is 15.4 Å². The van der Waals surface area contributed by atoms with Crippen LogP contribution in [0.1, 0.15) is 24.8 Å². The fourth-order valence-corrected chi connectivity index (χ4v) is 2.91. The Morgan fingerprint density at radius 2 is 2.18 bits per heavy atom. The van der Waals surface area contributed by atoms with E-state index in [-0.39, 0.29) is 0 Å². The van der Waals surface area contributed by atoms with Gasteiger partial charge in [0.15, 0.2) is 0 Å². The second-order valence-electron chi connectivity index (χ2n) is 5.14. The Labute approximate surface area is 101 Å². The van der Waals surface area contributed by atoms with Crippen LogP contribution in [0.2, 0.25) is 0 Å². The minimum Gasteiger partial charge on any atom is -0.507 e. The molecule has 0 aliphatic carbocycles. The first-order chi connectivity index (χ1) is 8.25. The van der Waals surface area contributed by atoms with Crippen LogP contribution in [-0.4, -0.2) is 23.2 Å². The van der Waals surface area contributed by atoms with Crippen molar-refractivity contribution in [2.45, 2.75) is 19.3 Å². The molecule has 1 aromatic heterocycles. The molecule has 0 bridgehead atoms. The van der Waals surface area contributed by atoms with Gasteiger partial charge in [-0.1, -0.05) is 13.0 Å². The molecule has 0 radical (unpaired) electrons. The quantitative estimate of drug-likeness (QED) is 0.705. The Morgan fingerprint density at radius 1 is 1.29 bits per heavy atom. The van der Waals surface area contributed by atoms with E-state index >= 15 is 0 Å². The fourth-order valence-electron chi connectivity index (χ4n) is 2.91. The van der Waals surface area contributed by atoms with Crippen LogP contribution < -0.4 is 5.32 Å². The molecule has 1 aromatic carbocycles. The zero-order valence-electron chi connectivity index (χ0n) is 10.0. The van der Waals surface area contributed by atoms with E-state index in [1.807, 2.05) is 12.1 Å². The van der Waals surface area contributed by atoms with Crippen LogP contribution >= 0.6 is 0 Å². The Bertz CT molecular complexity index is 532. The molecule has 2 aromatic rings. The van der Waals surface area contributed by atoms with Gasteiger partial charge in [0.25, 0.3) is 0 Å². The smallest absolute Gasteiger partial charge is 0.125 e. The number of fused-ring (bicyclic) bond motifs is 1. The molecule has 1 fully saturated rings. The lowest BCUT2D eigenvalue weighted by molar-refractivity contribution is 0.365. The molecule has 1 aliphatic rings. The third-order valence-electron chi connectivity index (χ3n) is 3.72. The minimum absolute atomic E-state index is 0.386. The molecule has 90 valence electrons. The number of benzene rings is 1. The first kappa shape index (κ1) is 10.7. The summed E-state index contributed by atoms with van der Waals surface area (Å²) in [6.07, 6.45) is 3.24. The van der Waals surface area contributed by atoms with Crippen LogP contribution in [0.25, 0.3) is 10.9 Å². The maximum atomic E-state index is 10.00. The second-order valence-corrected chi connectivity index (χ2v) is 5.14. The van der Waals surface area contributed by atoms with Crippen molar-refractivity contribution in [3.05, 3.63) is 30.0 Å². The number of aromatic hydroxyl groups is 1. The third kappa shape index (κ3) is 1.80. The predicted octanol–water partition coefficient (Wildman–Crippen LogP) is 2.59. The van der Waals surface area contributed by atoms with Crippen LogP contribution in [0.5, 0.6) is 5.75 Å². The maximum Gasteiger partial charge on any atom is 0.125 e. The van der Waals surface area contributed by atoms with Gasteiger partial charge in [0, 0.05) is 23.6 Å². The number of H-pyrrole nitrogens is 1. The van der Waals surface area contributed by atoms with Gasteiger partial charge in [-0.2, -0.15) is 0 Å². The van der Waals surface area contributed by atoms with Gasteiger partial charge in [0.2, 0.25) is 0 Å². The van der Waals surface area contributed by atoms with Crippen LogP contribution in [0, 0.1) is 5.92 Å². The lowest BCUT2D eigenvalue weighted by Crippen LogP contribution is -2.33. The number of aromatic amines is 1. The highest BCUT2D eigenvalue weighted by atomic mass is 16.3. The summed E-state index contributed by atoms with van der Waals surface area (Å²) in [6, 6.07) is 5.65. The molecule has 1 aliphatic heterocycles. The van der Waals surface area contributed by atoms with E-state index in [9.17, 15) is 5.11 Å². The number of nitrogens with one attached hydrogen (secondary N) is 2. The van der Waals surface area contributed by atoms with E-state index in [1.54, 1.807) is 6.07 Å². The van der Waals surface area contributed by atoms with E-state index in [0.29, 0.717) is 17.6 Å². The van der Waals surface area contributed by atoms with Crippen molar-refractivity contribution in [2.24, 2.45) is 5.92 Å². The normalized spacial score (nSPS) is 25.2. The molecule has 3 N–H and O–H groups in total. The lowest BCUT2D eigenvalue weighted by Gasteiger charge is -2.27. The molecule has 2 heterocycles. The van der Waals surface area contributed by atoms with E-state index in [4.69, 9.17) is 0 Å². The molecule has 0 amide bonds. The topological polar surface area (TPSA) is 48.0 Å². The van der Waals surface area contributed by atoms with Crippen molar-refractivity contribution >= 4 is 10.9 Å². The molecule has 0 unspecified atom stereocenters. The van der Waals surface area contributed by atoms with E-state index < -0.39 is 0 Å². The lowest BCUT2D eigenvalue weighted by atomic mass is 9.86. The van der Waals surface area contributed by atoms with E-state index in [0.717, 1.165) is 24.0 Å². The number of phenolic OH excluding ortho intramolecular Hbond substituents is 1. The van der Waals surface area contributed by atoms with Crippen molar-refractivity contribution in [1.82, 2.24) is 10.3 Å². The van der Waals surface area contributed by atoms with Crippen molar-refractivity contribution in [3.8, 4) is 5.75 Å². The Morgan fingerprint density at radius 3 is 3.00 bits per heavy atom. The summed E-state index contributed by atoms with van der Waals surface area (Å²) in [7, 11) is 0. The molecule has 0 spiro atoms. The van der Waals surface area contributed by atoms with Crippen molar-refractivity contribution < 1.29 is 5.11 Å². The van der Waals surface area contributed by atoms with E-state index in [2.05, 4.69) is 23.4 Å². The van der Waals surface area contributed by atoms with Gasteiger partial charge in [0.05, 0.1) is 0 Å². The van der Waals surface area contributed by atoms with Gasteiger partial charge in [-0.05, 0) is 42.5 Å². The van der Waals surface area contributed by atoms with Crippen molar-refractivity contribution in [2.75, 3.05) is 13.1 Å². The average Bonchev–Trinajstić information content (AvgIpc) is 2.74. The van der Waals surface area contributed by atoms with Crippen LogP contribution in [-0.2, 0) is 0 Å². The summed E-state index contributed by atoms with van der Waals surface area (Å²) < 4.78 is 0. The van der Waals surface area contributed by atoms with Crippen LogP contribution in [0.4, 0.5) is 0 Å². The van der Waals surface area contributed by atoms with E-state index in [1.165, 1.54) is 12.0 Å². The van der Waals surface area contributed by atoms with Crippen LogP contribution in [0.15, 0.2) is 24.4 Å². The molecular weight excluding hydrogens is 212 g/mol. The molecule has 2 atom stereocenters. The third-order valence-corrected chi connectivity index (χ3v) is 3.72. The summed E-state index contributed by atoms with van der Waals surface area (Å²) >= 11 is 0. The molecule has 1 saturated heterocycles. The predicted molar refractivity (Wildman–Crippen MR) is 69.4 cm³/mol. The number of piperidine rings is 1. The first-order valence-electron chi connectivity index (χ1n) is 6.25. The Kier molecular flexibility index (Phi) is 2.56. The highest BCUT2D eigenvalue weighted by molar-refractivity contribution is 5.89. The summed E-state index contributed by atoms with van der Waals surface area (Å²) in [5.74, 6) is 1.59. The molecule has 17 heavy (non-hydrogen) atoms. The number of hydrogen-bond acceptors (Lipinski definition) is 2. The number of phenols is 1. The Hall–Kier alpha value is -1.48. The molecular formula is C14H18N2O. The van der Waals surface area contributed by atoms with Crippen molar-refractivity contribution in [1.29, 1.82) is 0 Å². The molecule has 0 saturated carbocycles. The average molecular weight is 230 g/mol. The standard InChI is InChI=1S/C14H18N2O/c1-9-5-10(7-15-6-9)11-8-16-12-3-2-4-13(17)14(11)12/h2-4,8-10,15-17H,5-7H2,1H3/t9-,10+/m0/s1. The summed E-state index contributed by atoms with van der Waals surface area (Å²) in [5, 5.41) is 14.5. The summed E-state index contributed by atoms with van der Waals surface area (Å²) in [6.45, 7) is 4.38. The maximum absolute atomic E-state index is 10.00. The number of rotatable bonds is 1. The number of aromatic nitrogens is 1. The largest absolute Gasteiger partial charge is 0.507 e. The zero-order valence-corrected chi connectivity index (χ0v) is 10.0. The van der Waals surface area contributed by atoms with Crippen molar-refractivity contribution in [3.63, 3.8) is 0 Å².